The van der Waals surface area contributed by atoms with Gasteiger partial charge >= 0.3 is 0 Å². The summed E-state index contributed by atoms with van der Waals surface area (Å²) < 4.78 is 1.87. The van der Waals surface area contributed by atoms with Gasteiger partial charge in [-0.15, -0.1) is 0 Å². The van der Waals surface area contributed by atoms with Gasteiger partial charge in [-0.3, -0.25) is 0 Å². The first-order valence-electron chi connectivity index (χ1n) is 8.18. The first-order valence-corrected chi connectivity index (χ1v) is 8.56. The number of aromatic nitrogens is 4. The van der Waals surface area contributed by atoms with Crippen molar-refractivity contribution in [1.82, 2.24) is 19.5 Å². The Bertz CT molecular complexity index is 1030. The highest BCUT2D eigenvalue weighted by Crippen LogP contribution is 2.23. The summed E-state index contributed by atoms with van der Waals surface area (Å²) >= 11 is 5.94. The van der Waals surface area contributed by atoms with Crippen molar-refractivity contribution in [2.24, 2.45) is 7.05 Å². The zero-order valence-electron chi connectivity index (χ0n) is 14.1. The number of aryl methyl sites for hydroxylation is 1. The first kappa shape index (κ1) is 16.4. The van der Waals surface area contributed by atoms with E-state index in [2.05, 4.69) is 37.7 Å². The maximum Gasteiger partial charge on any atom is 0.231 e. The van der Waals surface area contributed by atoms with Gasteiger partial charge in [0.05, 0.1) is 6.33 Å². The number of hydrogen-bond donors (Lipinski definition) is 2. The van der Waals surface area contributed by atoms with Crippen LogP contribution in [0.25, 0.3) is 11.2 Å². The number of benzene rings is 2. The van der Waals surface area contributed by atoms with Crippen LogP contribution in [0.3, 0.4) is 0 Å². The fourth-order valence-electron chi connectivity index (χ4n) is 2.63. The number of hydrogen-bond acceptors (Lipinski definition) is 5. The van der Waals surface area contributed by atoms with Crippen LogP contribution in [0.1, 0.15) is 5.56 Å². The van der Waals surface area contributed by atoms with Gasteiger partial charge in [0.25, 0.3) is 0 Å². The van der Waals surface area contributed by atoms with Crippen LogP contribution in [0, 0.1) is 0 Å². The molecular formula is C19H17ClN6. The number of nitrogens with one attached hydrogen (secondary N) is 2. The Balaban J connectivity index is 1.65. The summed E-state index contributed by atoms with van der Waals surface area (Å²) in [6, 6.07) is 17.6. The van der Waals surface area contributed by atoms with E-state index in [-0.39, 0.29) is 0 Å². The molecule has 130 valence electrons. The molecule has 0 aliphatic carbocycles. The lowest BCUT2D eigenvalue weighted by atomic mass is 10.2. The molecule has 0 unspecified atom stereocenters. The summed E-state index contributed by atoms with van der Waals surface area (Å²) in [5, 5.41) is 7.27. The average Bonchev–Trinajstić information content (AvgIpc) is 3.04. The third kappa shape index (κ3) is 3.45. The van der Waals surface area contributed by atoms with Crippen molar-refractivity contribution in [1.29, 1.82) is 0 Å². The van der Waals surface area contributed by atoms with Gasteiger partial charge in [0.2, 0.25) is 5.95 Å². The molecule has 0 bridgehead atoms. The fourth-order valence-corrected chi connectivity index (χ4v) is 2.76. The van der Waals surface area contributed by atoms with E-state index < -0.39 is 0 Å². The summed E-state index contributed by atoms with van der Waals surface area (Å²) in [4.78, 5) is 13.6. The maximum atomic E-state index is 5.94. The second-order valence-corrected chi connectivity index (χ2v) is 6.33. The summed E-state index contributed by atoms with van der Waals surface area (Å²) in [5.74, 6) is 1.19. The van der Waals surface area contributed by atoms with Crippen molar-refractivity contribution in [2.75, 3.05) is 10.6 Å². The smallest absolute Gasteiger partial charge is 0.231 e. The summed E-state index contributed by atoms with van der Waals surface area (Å²) in [5.41, 5.74) is 3.53. The molecule has 2 N–H and O–H groups in total. The molecule has 2 aromatic heterocycles. The minimum atomic E-state index is 0.499. The van der Waals surface area contributed by atoms with Gasteiger partial charge in [-0.2, -0.15) is 9.97 Å². The van der Waals surface area contributed by atoms with E-state index in [9.17, 15) is 0 Å². The van der Waals surface area contributed by atoms with Crippen LogP contribution in [0.4, 0.5) is 17.5 Å². The Morgan fingerprint density at radius 3 is 2.54 bits per heavy atom. The van der Waals surface area contributed by atoms with Crippen LogP contribution in [-0.2, 0) is 13.6 Å². The summed E-state index contributed by atoms with van der Waals surface area (Å²) in [7, 11) is 1.91. The van der Waals surface area contributed by atoms with E-state index in [0.29, 0.717) is 23.3 Å². The van der Waals surface area contributed by atoms with Crippen LogP contribution in [0.5, 0.6) is 0 Å². The Morgan fingerprint density at radius 1 is 1.00 bits per heavy atom. The Morgan fingerprint density at radius 2 is 1.77 bits per heavy atom. The topological polar surface area (TPSA) is 67.7 Å². The second-order valence-electron chi connectivity index (χ2n) is 5.89. The molecule has 0 spiro atoms. The molecule has 0 amide bonds. The van der Waals surface area contributed by atoms with Crippen molar-refractivity contribution in [3.8, 4) is 0 Å². The van der Waals surface area contributed by atoms with E-state index in [4.69, 9.17) is 11.6 Å². The van der Waals surface area contributed by atoms with Crippen molar-refractivity contribution in [3.63, 3.8) is 0 Å². The normalized spacial score (nSPS) is 10.8. The zero-order chi connectivity index (χ0) is 17.9. The minimum absolute atomic E-state index is 0.499. The molecular weight excluding hydrogens is 348 g/mol. The van der Waals surface area contributed by atoms with Gasteiger partial charge in [0.15, 0.2) is 17.0 Å². The summed E-state index contributed by atoms with van der Waals surface area (Å²) in [6.45, 7) is 0.657. The number of anilines is 3. The highest BCUT2D eigenvalue weighted by Gasteiger charge is 2.12. The van der Waals surface area contributed by atoms with Gasteiger partial charge in [0, 0.05) is 24.3 Å². The van der Waals surface area contributed by atoms with Crippen LogP contribution >= 0.6 is 11.6 Å². The number of rotatable bonds is 5. The molecule has 2 heterocycles. The summed E-state index contributed by atoms with van der Waals surface area (Å²) in [6.07, 6.45) is 1.74. The predicted octanol–water partition coefficient (Wildman–Crippen LogP) is 4.37. The van der Waals surface area contributed by atoms with Gasteiger partial charge in [0.1, 0.15) is 0 Å². The van der Waals surface area contributed by atoms with E-state index >= 15 is 0 Å². The molecule has 7 heteroatoms. The van der Waals surface area contributed by atoms with Gasteiger partial charge < -0.3 is 15.2 Å². The number of nitrogens with zero attached hydrogens (tertiary/aromatic N) is 4. The molecule has 0 fully saturated rings. The Labute approximate surface area is 155 Å². The predicted molar refractivity (Wildman–Crippen MR) is 105 cm³/mol. The van der Waals surface area contributed by atoms with Crippen molar-refractivity contribution >= 4 is 40.2 Å². The molecule has 0 saturated carbocycles. The standard InChI is InChI=1S/C19H17ClN6/c1-26-12-22-16-17(21-11-13-5-3-2-4-6-13)24-19(25-18(16)26)23-15-9-7-14(20)8-10-15/h2-10,12H,11H2,1H3,(H2,21,23,24,25). The van der Waals surface area contributed by atoms with Gasteiger partial charge in [-0.1, -0.05) is 41.9 Å². The third-order valence-electron chi connectivity index (χ3n) is 3.96. The molecule has 26 heavy (non-hydrogen) atoms. The molecule has 0 saturated heterocycles. The average molecular weight is 365 g/mol. The molecule has 0 aliphatic rings. The lowest BCUT2D eigenvalue weighted by molar-refractivity contribution is 0.929. The van der Waals surface area contributed by atoms with Gasteiger partial charge in [-0.05, 0) is 29.8 Å². The van der Waals surface area contributed by atoms with E-state index in [0.717, 1.165) is 16.9 Å². The maximum absolute atomic E-state index is 5.94. The largest absolute Gasteiger partial charge is 0.364 e. The third-order valence-corrected chi connectivity index (χ3v) is 4.21. The molecule has 4 rings (SSSR count). The lowest BCUT2D eigenvalue weighted by Crippen LogP contribution is -2.06. The highest BCUT2D eigenvalue weighted by molar-refractivity contribution is 6.30. The molecule has 6 nitrogen and oxygen atoms in total. The SMILES string of the molecule is Cn1cnc2c(NCc3ccccc3)nc(Nc3ccc(Cl)cc3)nc21. The highest BCUT2D eigenvalue weighted by atomic mass is 35.5. The van der Waals surface area contributed by atoms with E-state index in [1.165, 1.54) is 5.56 Å². The van der Waals surface area contributed by atoms with E-state index in [1.54, 1.807) is 6.33 Å². The van der Waals surface area contributed by atoms with Crippen LogP contribution in [0.2, 0.25) is 5.02 Å². The van der Waals surface area contributed by atoms with Gasteiger partial charge in [-0.25, -0.2) is 4.98 Å². The fraction of sp³-hybridized carbons (Fsp3) is 0.105. The Kier molecular flexibility index (Phi) is 4.41. The molecule has 0 aliphatic heterocycles. The first-order chi connectivity index (χ1) is 12.7. The van der Waals surface area contributed by atoms with Crippen LogP contribution in [0.15, 0.2) is 60.9 Å². The van der Waals surface area contributed by atoms with Crippen molar-refractivity contribution < 1.29 is 0 Å². The van der Waals surface area contributed by atoms with Crippen molar-refractivity contribution in [3.05, 3.63) is 71.5 Å². The Hall–Kier alpha value is -3.12. The van der Waals surface area contributed by atoms with Crippen molar-refractivity contribution in [2.45, 2.75) is 6.54 Å². The number of imidazole rings is 1. The zero-order valence-corrected chi connectivity index (χ0v) is 14.9. The number of halogens is 1. The molecule has 2 aromatic carbocycles. The van der Waals surface area contributed by atoms with E-state index in [1.807, 2.05) is 54.1 Å². The van der Waals surface area contributed by atoms with Crippen LogP contribution < -0.4 is 10.6 Å². The molecule has 0 radical (unpaired) electrons. The molecule has 4 aromatic rings. The second kappa shape index (κ2) is 7.01. The lowest BCUT2D eigenvalue weighted by Gasteiger charge is -2.10. The molecule has 0 atom stereocenters. The number of fused-ring (bicyclic) bond motifs is 1. The quantitative estimate of drug-likeness (QED) is 0.550. The minimum Gasteiger partial charge on any atom is -0.364 e. The van der Waals surface area contributed by atoms with Crippen LogP contribution in [-0.4, -0.2) is 19.5 Å². The monoisotopic (exact) mass is 364 g/mol.